The SMILES string of the molecule is CCCC(CCC)CCCN. The summed E-state index contributed by atoms with van der Waals surface area (Å²) in [6.07, 6.45) is 8.01. The third-order valence-electron chi connectivity index (χ3n) is 2.21. The Labute approximate surface area is 71.4 Å². The molecule has 1 nitrogen and oxygen atoms in total. The van der Waals surface area contributed by atoms with Crippen LogP contribution in [0.3, 0.4) is 0 Å². The predicted molar refractivity (Wildman–Crippen MR) is 51.6 cm³/mol. The summed E-state index contributed by atoms with van der Waals surface area (Å²) in [6.45, 7) is 5.40. The molecule has 0 fully saturated rings. The number of hydrogen-bond donors (Lipinski definition) is 1. The first-order chi connectivity index (χ1) is 5.35. The van der Waals surface area contributed by atoms with Gasteiger partial charge in [-0.2, -0.15) is 0 Å². The molecule has 0 bridgehead atoms. The van der Waals surface area contributed by atoms with E-state index in [1.165, 1.54) is 38.5 Å². The van der Waals surface area contributed by atoms with E-state index >= 15 is 0 Å². The van der Waals surface area contributed by atoms with Crippen LogP contribution in [0.2, 0.25) is 0 Å². The molecular formula is C10H23N. The van der Waals surface area contributed by atoms with Crippen LogP contribution in [0.5, 0.6) is 0 Å². The van der Waals surface area contributed by atoms with E-state index in [0.29, 0.717) is 0 Å². The molecule has 0 rings (SSSR count). The molecule has 0 radical (unpaired) electrons. The van der Waals surface area contributed by atoms with Gasteiger partial charge >= 0.3 is 0 Å². The Morgan fingerprint density at radius 1 is 1.00 bits per heavy atom. The minimum atomic E-state index is 0.865. The molecule has 68 valence electrons. The first-order valence-electron chi connectivity index (χ1n) is 5.05. The maximum absolute atomic E-state index is 5.47. The van der Waals surface area contributed by atoms with Crippen molar-refractivity contribution in [1.82, 2.24) is 0 Å². The van der Waals surface area contributed by atoms with E-state index in [1.807, 2.05) is 0 Å². The zero-order valence-electron chi connectivity index (χ0n) is 8.10. The summed E-state index contributed by atoms with van der Waals surface area (Å²) in [5, 5.41) is 0. The van der Waals surface area contributed by atoms with Gasteiger partial charge in [-0.3, -0.25) is 0 Å². The van der Waals surface area contributed by atoms with Gasteiger partial charge in [0.2, 0.25) is 0 Å². The summed E-state index contributed by atoms with van der Waals surface area (Å²) in [5.74, 6) is 0.952. The fraction of sp³-hybridized carbons (Fsp3) is 1.00. The van der Waals surface area contributed by atoms with Gasteiger partial charge < -0.3 is 5.73 Å². The quantitative estimate of drug-likeness (QED) is 0.604. The smallest absolute Gasteiger partial charge is 0.00772 e. The Morgan fingerprint density at radius 2 is 1.55 bits per heavy atom. The standard InChI is InChI=1S/C10H23N/c1-3-6-10(7-4-2)8-5-9-11/h10H,3-9,11H2,1-2H3. The number of rotatable bonds is 7. The average Bonchev–Trinajstić information content (AvgIpc) is 2.01. The zero-order valence-corrected chi connectivity index (χ0v) is 8.10. The van der Waals surface area contributed by atoms with Gasteiger partial charge in [0.15, 0.2) is 0 Å². The van der Waals surface area contributed by atoms with Gasteiger partial charge in [-0.25, -0.2) is 0 Å². The molecule has 0 aliphatic rings. The molecular weight excluding hydrogens is 134 g/mol. The Hall–Kier alpha value is -0.0400. The summed E-state index contributed by atoms with van der Waals surface area (Å²) in [7, 11) is 0. The normalized spacial score (nSPS) is 10.9. The van der Waals surface area contributed by atoms with E-state index < -0.39 is 0 Å². The van der Waals surface area contributed by atoms with E-state index in [-0.39, 0.29) is 0 Å². The molecule has 0 spiro atoms. The fourth-order valence-electron chi connectivity index (χ4n) is 1.66. The maximum atomic E-state index is 5.47. The van der Waals surface area contributed by atoms with E-state index in [0.717, 1.165) is 12.5 Å². The van der Waals surface area contributed by atoms with Gasteiger partial charge in [-0.1, -0.05) is 39.5 Å². The molecule has 0 aliphatic heterocycles. The van der Waals surface area contributed by atoms with Crippen LogP contribution in [-0.4, -0.2) is 6.54 Å². The number of nitrogens with two attached hydrogens (primary N) is 1. The second-order valence-corrected chi connectivity index (χ2v) is 3.37. The maximum Gasteiger partial charge on any atom is -0.00772 e. The van der Waals surface area contributed by atoms with Crippen LogP contribution in [0.15, 0.2) is 0 Å². The van der Waals surface area contributed by atoms with Crippen molar-refractivity contribution in [1.29, 1.82) is 0 Å². The summed E-state index contributed by atoms with van der Waals surface area (Å²) in [6, 6.07) is 0. The summed E-state index contributed by atoms with van der Waals surface area (Å²) < 4.78 is 0. The van der Waals surface area contributed by atoms with Crippen molar-refractivity contribution in [2.45, 2.75) is 52.4 Å². The summed E-state index contributed by atoms with van der Waals surface area (Å²) >= 11 is 0. The highest BCUT2D eigenvalue weighted by atomic mass is 14.5. The molecule has 0 aromatic heterocycles. The first-order valence-corrected chi connectivity index (χ1v) is 5.05. The van der Waals surface area contributed by atoms with Crippen molar-refractivity contribution >= 4 is 0 Å². The van der Waals surface area contributed by atoms with E-state index in [2.05, 4.69) is 13.8 Å². The van der Waals surface area contributed by atoms with Crippen LogP contribution in [0.4, 0.5) is 0 Å². The molecule has 2 N–H and O–H groups in total. The monoisotopic (exact) mass is 157 g/mol. The highest BCUT2D eigenvalue weighted by molar-refractivity contribution is 4.58. The highest BCUT2D eigenvalue weighted by Gasteiger charge is 2.04. The lowest BCUT2D eigenvalue weighted by Gasteiger charge is -2.13. The van der Waals surface area contributed by atoms with Crippen molar-refractivity contribution in [2.75, 3.05) is 6.54 Å². The number of hydrogen-bond acceptors (Lipinski definition) is 1. The summed E-state index contributed by atoms with van der Waals surface area (Å²) in [5.41, 5.74) is 5.47. The fourth-order valence-corrected chi connectivity index (χ4v) is 1.66. The van der Waals surface area contributed by atoms with Crippen molar-refractivity contribution in [2.24, 2.45) is 11.7 Å². The molecule has 0 unspecified atom stereocenters. The van der Waals surface area contributed by atoms with Gasteiger partial charge in [-0.15, -0.1) is 0 Å². The predicted octanol–water partition coefficient (Wildman–Crippen LogP) is 2.94. The lowest BCUT2D eigenvalue weighted by molar-refractivity contribution is 0.402. The topological polar surface area (TPSA) is 26.0 Å². The Kier molecular flexibility index (Phi) is 8.03. The van der Waals surface area contributed by atoms with Crippen molar-refractivity contribution in [3.05, 3.63) is 0 Å². The van der Waals surface area contributed by atoms with Crippen molar-refractivity contribution < 1.29 is 0 Å². The van der Waals surface area contributed by atoms with Crippen LogP contribution in [0, 0.1) is 5.92 Å². The van der Waals surface area contributed by atoms with Crippen molar-refractivity contribution in [3.8, 4) is 0 Å². The second kappa shape index (κ2) is 8.06. The van der Waals surface area contributed by atoms with Gasteiger partial charge in [0, 0.05) is 0 Å². The van der Waals surface area contributed by atoms with E-state index in [4.69, 9.17) is 5.73 Å². The largest absolute Gasteiger partial charge is 0.330 e. The zero-order chi connectivity index (χ0) is 8.53. The summed E-state index contributed by atoms with van der Waals surface area (Å²) in [4.78, 5) is 0. The van der Waals surface area contributed by atoms with Crippen LogP contribution in [0.25, 0.3) is 0 Å². The molecule has 0 saturated heterocycles. The lowest BCUT2D eigenvalue weighted by Crippen LogP contribution is -2.05. The highest BCUT2D eigenvalue weighted by Crippen LogP contribution is 2.18. The Bertz CT molecular complexity index is 65.3. The molecule has 0 atom stereocenters. The molecule has 11 heavy (non-hydrogen) atoms. The van der Waals surface area contributed by atoms with E-state index in [1.54, 1.807) is 0 Å². The van der Waals surface area contributed by atoms with Gasteiger partial charge in [-0.05, 0) is 25.3 Å². The third-order valence-corrected chi connectivity index (χ3v) is 2.21. The second-order valence-electron chi connectivity index (χ2n) is 3.37. The molecule has 0 aromatic carbocycles. The molecule has 1 heteroatoms. The first kappa shape index (κ1) is 11.0. The minimum Gasteiger partial charge on any atom is -0.330 e. The van der Waals surface area contributed by atoms with Crippen LogP contribution < -0.4 is 5.73 Å². The van der Waals surface area contributed by atoms with Gasteiger partial charge in [0.05, 0.1) is 0 Å². The van der Waals surface area contributed by atoms with Crippen molar-refractivity contribution in [3.63, 3.8) is 0 Å². The Balaban J connectivity index is 3.34. The molecule has 0 amide bonds. The molecule has 0 aromatic rings. The van der Waals surface area contributed by atoms with E-state index in [9.17, 15) is 0 Å². The molecule has 0 saturated carbocycles. The van der Waals surface area contributed by atoms with Crippen LogP contribution in [-0.2, 0) is 0 Å². The van der Waals surface area contributed by atoms with Crippen LogP contribution in [0.1, 0.15) is 52.4 Å². The van der Waals surface area contributed by atoms with Gasteiger partial charge in [0.1, 0.15) is 0 Å². The lowest BCUT2D eigenvalue weighted by atomic mass is 9.93. The molecule has 0 heterocycles. The Morgan fingerprint density at radius 3 is 1.91 bits per heavy atom. The van der Waals surface area contributed by atoms with Crippen LogP contribution >= 0.6 is 0 Å². The minimum absolute atomic E-state index is 0.865. The molecule has 0 aliphatic carbocycles. The van der Waals surface area contributed by atoms with Gasteiger partial charge in [0.25, 0.3) is 0 Å². The average molecular weight is 157 g/mol. The third kappa shape index (κ3) is 6.36.